The van der Waals surface area contributed by atoms with Crippen molar-refractivity contribution in [1.29, 1.82) is 0 Å². The molecule has 0 spiro atoms. The van der Waals surface area contributed by atoms with E-state index in [0.29, 0.717) is 29.0 Å². The molecule has 0 aromatic heterocycles. The van der Waals surface area contributed by atoms with Gasteiger partial charge in [-0.2, -0.15) is 0 Å². The summed E-state index contributed by atoms with van der Waals surface area (Å²) in [6, 6.07) is 14.9. The van der Waals surface area contributed by atoms with Crippen molar-refractivity contribution in [3.63, 3.8) is 0 Å². The second-order valence-electron chi connectivity index (χ2n) is 9.67. The smallest absolute Gasteiger partial charge is 0.241 e. The molecule has 6 rings (SSSR count). The van der Waals surface area contributed by atoms with E-state index >= 15 is 0 Å². The largest absolute Gasteiger partial charge is 0.283 e. The van der Waals surface area contributed by atoms with Crippen LogP contribution >= 0.6 is 0 Å². The molecule has 6 nitrogen and oxygen atoms in total. The Morgan fingerprint density at radius 3 is 1.87 bits per heavy atom. The summed E-state index contributed by atoms with van der Waals surface area (Å²) in [7, 11) is -7.25. The highest BCUT2D eigenvalue weighted by molar-refractivity contribution is 7.92. The lowest BCUT2D eigenvalue weighted by molar-refractivity contribution is -0.00810. The van der Waals surface area contributed by atoms with E-state index in [1.807, 2.05) is 6.07 Å². The molecule has 0 amide bonds. The fraction of sp³-hybridized carbons (Fsp3) is 0.478. The van der Waals surface area contributed by atoms with Gasteiger partial charge in [-0.3, -0.25) is 4.72 Å². The molecule has 2 aromatic rings. The minimum absolute atomic E-state index is 0.137. The lowest BCUT2D eigenvalue weighted by atomic mass is 9.53. The van der Waals surface area contributed by atoms with Gasteiger partial charge in [0, 0.05) is 11.2 Å². The van der Waals surface area contributed by atoms with Crippen LogP contribution < -0.4 is 9.44 Å². The van der Waals surface area contributed by atoms with Gasteiger partial charge in [-0.15, -0.1) is 0 Å². The zero-order valence-corrected chi connectivity index (χ0v) is 19.0. The van der Waals surface area contributed by atoms with Crippen LogP contribution in [0.25, 0.3) is 0 Å². The zero-order chi connectivity index (χ0) is 21.7. The quantitative estimate of drug-likeness (QED) is 0.656. The molecule has 4 fully saturated rings. The zero-order valence-electron chi connectivity index (χ0n) is 17.3. The van der Waals surface area contributed by atoms with Crippen LogP contribution in [0.1, 0.15) is 44.1 Å². The van der Waals surface area contributed by atoms with E-state index in [-0.39, 0.29) is 16.2 Å². The molecule has 4 saturated carbocycles. The first kappa shape index (κ1) is 21.0. The fourth-order valence-corrected chi connectivity index (χ4v) is 8.92. The first-order chi connectivity index (χ1) is 14.7. The van der Waals surface area contributed by atoms with E-state index < -0.39 is 20.0 Å². The summed E-state index contributed by atoms with van der Waals surface area (Å²) in [5, 5.41) is 0. The van der Waals surface area contributed by atoms with Crippen LogP contribution in [-0.4, -0.2) is 22.4 Å². The Balaban J connectivity index is 1.28. The van der Waals surface area contributed by atoms with Crippen molar-refractivity contribution in [1.82, 2.24) is 4.72 Å². The topological polar surface area (TPSA) is 92.3 Å². The Morgan fingerprint density at radius 1 is 0.774 bits per heavy atom. The number of anilines is 1. The SMILES string of the molecule is O=S(=O)(Cc1ccccc1)Nc1ccc(S(=O)(=O)NC23CC4CC(CC(C4)C2)C3)cc1. The van der Waals surface area contributed by atoms with Crippen LogP contribution in [0, 0.1) is 17.8 Å². The number of nitrogens with one attached hydrogen (secondary N) is 2. The van der Waals surface area contributed by atoms with Crippen molar-refractivity contribution in [2.45, 2.75) is 54.7 Å². The predicted molar refractivity (Wildman–Crippen MR) is 120 cm³/mol. The summed E-state index contributed by atoms with van der Waals surface area (Å²) >= 11 is 0. The monoisotopic (exact) mass is 460 g/mol. The molecule has 4 aliphatic rings. The molecule has 8 heteroatoms. The first-order valence-corrected chi connectivity index (χ1v) is 14.0. The van der Waals surface area contributed by atoms with Crippen molar-refractivity contribution < 1.29 is 16.8 Å². The maximum absolute atomic E-state index is 13.1. The Bertz CT molecular complexity index is 1120. The van der Waals surface area contributed by atoms with Gasteiger partial charge < -0.3 is 0 Å². The maximum Gasteiger partial charge on any atom is 0.241 e. The molecular formula is C23H28N2O4S2. The van der Waals surface area contributed by atoms with Crippen molar-refractivity contribution in [2.24, 2.45) is 17.8 Å². The summed E-state index contributed by atoms with van der Waals surface area (Å²) in [6.07, 6.45) is 6.57. The Kier molecular flexibility index (Phi) is 5.14. The van der Waals surface area contributed by atoms with Gasteiger partial charge in [0.1, 0.15) is 0 Å². The van der Waals surface area contributed by atoms with E-state index in [0.717, 1.165) is 19.3 Å². The summed E-state index contributed by atoms with van der Waals surface area (Å²) in [4.78, 5) is 0.175. The summed E-state index contributed by atoms with van der Waals surface area (Å²) in [6.45, 7) is 0. The van der Waals surface area contributed by atoms with Crippen LogP contribution in [0.3, 0.4) is 0 Å². The van der Waals surface area contributed by atoms with E-state index in [1.54, 1.807) is 24.3 Å². The van der Waals surface area contributed by atoms with Gasteiger partial charge >= 0.3 is 0 Å². The molecule has 0 heterocycles. The molecule has 0 unspecified atom stereocenters. The van der Waals surface area contributed by atoms with Crippen molar-refractivity contribution in [3.8, 4) is 0 Å². The van der Waals surface area contributed by atoms with Crippen LogP contribution in [-0.2, 0) is 25.8 Å². The summed E-state index contributed by atoms with van der Waals surface area (Å²) in [5.74, 6) is 1.81. The molecule has 4 bridgehead atoms. The van der Waals surface area contributed by atoms with E-state index in [1.165, 1.54) is 43.5 Å². The van der Waals surface area contributed by atoms with Crippen LogP contribution in [0.2, 0.25) is 0 Å². The first-order valence-electron chi connectivity index (χ1n) is 10.9. The Labute approximate surface area is 184 Å². The van der Waals surface area contributed by atoms with E-state index in [2.05, 4.69) is 9.44 Å². The average Bonchev–Trinajstić information content (AvgIpc) is 2.66. The minimum atomic E-state index is -3.66. The predicted octanol–water partition coefficient (Wildman–Crippen LogP) is 3.88. The standard InChI is InChI=1S/C23H28N2O4S2/c26-30(27,16-17-4-2-1-3-5-17)24-21-6-8-22(9-7-21)31(28,29)25-23-13-18-10-19(14-23)12-20(11-18)15-23/h1-9,18-20,24-25H,10-16H2. The molecule has 4 aliphatic carbocycles. The van der Waals surface area contributed by atoms with Crippen molar-refractivity contribution >= 4 is 25.7 Å². The van der Waals surface area contributed by atoms with Gasteiger partial charge in [-0.25, -0.2) is 21.6 Å². The lowest BCUT2D eigenvalue weighted by Crippen LogP contribution is -2.59. The molecule has 31 heavy (non-hydrogen) atoms. The average molecular weight is 461 g/mol. The molecule has 166 valence electrons. The van der Waals surface area contributed by atoms with Crippen molar-refractivity contribution in [3.05, 3.63) is 60.2 Å². The number of hydrogen-bond donors (Lipinski definition) is 2. The highest BCUT2D eigenvalue weighted by atomic mass is 32.2. The number of hydrogen-bond acceptors (Lipinski definition) is 4. The molecule has 0 radical (unpaired) electrons. The molecule has 2 aromatic carbocycles. The van der Waals surface area contributed by atoms with Gasteiger partial charge in [0.15, 0.2) is 0 Å². The van der Waals surface area contributed by atoms with Crippen LogP contribution in [0.4, 0.5) is 5.69 Å². The second kappa shape index (κ2) is 7.60. The second-order valence-corrected chi connectivity index (χ2v) is 13.1. The highest BCUT2D eigenvalue weighted by Gasteiger charge is 2.52. The Hall–Kier alpha value is -1.90. The minimum Gasteiger partial charge on any atom is -0.283 e. The normalized spacial score (nSPS) is 29.7. The molecular weight excluding hydrogens is 432 g/mol. The Morgan fingerprint density at radius 2 is 1.32 bits per heavy atom. The molecule has 0 atom stereocenters. The number of sulfonamides is 2. The molecule has 0 aliphatic heterocycles. The molecule has 2 N–H and O–H groups in total. The van der Waals surface area contributed by atoms with Gasteiger partial charge in [0.25, 0.3) is 0 Å². The van der Waals surface area contributed by atoms with Gasteiger partial charge in [-0.1, -0.05) is 30.3 Å². The molecule has 0 saturated heterocycles. The highest BCUT2D eigenvalue weighted by Crippen LogP contribution is 2.55. The number of rotatable bonds is 7. The van der Waals surface area contributed by atoms with Crippen LogP contribution in [0.5, 0.6) is 0 Å². The van der Waals surface area contributed by atoms with Crippen molar-refractivity contribution in [2.75, 3.05) is 4.72 Å². The van der Waals surface area contributed by atoms with Gasteiger partial charge in [-0.05, 0) is 86.1 Å². The maximum atomic E-state index is 13.1. The third kappa shape index (κ3) is 4.52. The third-order valence-electron chi connectivity index (χ3n) is 7.03. The summed E-state index contributed by atoms with van der Waals surface area (Å²) in [5.41, 5.74) is 0.738. The van der Waals surface area contributed by atoms with E-state index in [4.69, 9.17) is 0 Å². The third-order valence-corrected chi connectivity index (χ3v) is 9.88. The van der Waals surface area contributed by atoms with Crippen LogP contribution in [0.15, 0.2) is 59.5 Å². The number of benzene rings is 2. The fourth-order valence-electron chi connectivity index (χ4n) is 6.29. The summed E-state index contributed by atoms with van der Waals surface area (Å²) < 4.78 is 56.6. The lowest BCUT2D eigenvalue weighted by Gasteiger charge is -2.56. The van der Waals surface area contributed by atoms with Gasteiger partial charge in [0.2, 0.25) is 20.0 Å². The van der Waals surface area contributed by atoms with Gasteiger partial charge in [0.05, 0.1) is 10.6 Å². The van der Waals surface area contributed by atoms with E-state index in [9.17, 15) is 16.8 Å².